The fourth-order valence-electron chi connectivity index (χ4n) is 1.78. The first kappa shape index (κ1) is 16.4. The van der Waals surface area contributed by atoms with Crippen molar-refractivity contribution < 1.29 is 14.0 Å². The second-order valence-electron chi connectivity index (χ2n) is 7.21. The maximum absolute atomic E-state index is 11.2. The topological polar surface area (TPSA) is 35.5 Å². The molecule has 1 saturated heterocycles. The van der Waals surface area contributed by atoms with Gasteiger partial charge in [0.25, 0.3) is 0 Å². The van der Waals surface area contributed by atoms with E-state index in [0.717, 1.165) is 12.0 Å². The summed E-state index contributed by atoms with van der Waals surface area (Å²) >= 11 is 0. The van der Waals surface area contributed by atoms with Crippen LogP contribution < -0.4 is 0 Å². The molecule has 110 valence electrons. The summed E-state index contributed by atoms with van der Waals surface area (Å²) in [5.41, 5.74) is 1.01. The summed E-state index contributed by atoms with van der Waals surface area (Å²) in [4.78, 5) is 11.2. The fraction of sp³-hybridized carbons (Fsp3) is 0.800. The van der Waals surface area contributed by atoms with Gasteiger partial charge in [-0.25, -0.2) is 0 Å². The van der Waals surface area contributed by atoms with Crippen molar-refractivity contribution in [3.05, 3.63) is 12.2 Å². The lowest BCUT2D eigenvalue weighted by molar-refractivity contribution is -0.184. The Balaban J connectivity index is 2.69. The van der Waals surface area contributed by atoms with E-state index in [-0.39, 0.29) is 29.1 Å². The third kappa shape index (κ3) is 3.69. The molecule has 3 nitrogen and oxygen atoms in total. The molecule has 1 aliphatic heterocycles. The Morgan fingerprint density at radius 2 is 2.00 bits per heavy atom. The van der Waals surface area contributed by atoms with Crippen LogP contribution in [0, 0.1) is 5.92 Å². The lowest BCUT2D eigenvalue weighted by Crippen LogP contribution is -2.49. The van der Waals surface area contributed by atoms with Crippen LogP contribution in [0.5, 0.6) is 0 Å². The monoisotopic (exact) mass is 284 g/mol. The molecule has 0 N–H and O–H groups in total. The van der Waals surface area contributed by atoms with E-state index in [4.69, 9.17) is 9.16 Å². The van der Waals surface area contributed by atoms with Crippen molar-refractivity contribution in [1.29, 1.82) is 0 Å². The normalized spacial score (nSPS) is 25.5. The Bertz CT molecular complexity index is 368. The maximum Gasteiger partial charge on any atom is 0.312 e. The van der Waals surface area contributed by atoms with Gasteiger partial charge >= 0.3 is 5.97 Å². The summed E-state index contributed by atoms with van der Waals surface area (Å²) in [5.74, 6) is -0.109. The van der Waals surface area contributed by atoms with Crippen molar-refractivity contribution >= 4 is 14.3 Å². The summed E-state index contributed by atoms with van der Waals surface area (Å²) in [5, 5.41) is 0.169. The molecule has 0 aromatic heterocycles. The molecule has 19 heavy (non-hydrogen) atoms. The Hall–Kier alpha value is -0.613. The largest absolute Gasteiger partial charge is 0.461 e. The first-order valence-electron chi connectivity index (χ1n) is 6.99. The molecule has 0 aromatic carbocycles. The fourth-order valence-corrected chi connectivity index (χ4v) is 3.15. The van der Waals surface area contributed by atoms with Gasteiger partial charge in [0, 0.05) is 6.42 Å². The molecule has 0 radical (unpaired) electrons. The standard InChI is InChI=1S/C15H28O3Si/c1-10(2)12(9-13-11(3)14(16)17-13)18-19(7,8)15(4,5)6/h11-13H,1,9H2,2-8H3/t11-,12-,13-/m1/s1. The van der Waals surface area contributed by atoms with Crippen LogP contribution in [0.4, 0.5) is 0 Å². The van der Waals surface area contributed by atoms with Crippen molar-refractivity contribution in [2.24, 2.45) is 5.92 Å². The number of hydrogen-bond acceptors (Lipinski definition) is 3. The number of carbonyl (C=O) groups is 1. The molecule has 0 bridgehead atoms. The highest BCUT2D eigenvalue weighted by Crippen LogP contribution is 2.39. The minimum absolute atomic E-state index is 0.00938. The van der Waals surface area contributed by atoms with E-state index in [1.165, 1.54) is 0 Å². The number of ether oxygens (including phenoxy) is 1. The van der Waals surface area contributed by atoms with Gasteiger partial charge in [-0.2, -0.15) is 0 Å². The highest BCUT2D eigenvalue weighted by molar-refractivity contribution is 6.74. The zero-order valence-corrected chi connectivity index (χ0v) is 14.4. The molecule has 1 rings (SSSR count). The van der Waals surface area contributed by atoms with Crippen LogP contribution in [0.2, 0.25) is 18.1 Å². The molecule has 0 spiro atoms. The van der Waals surface area contributed by atoms with Gasteiger partial charge in [-0.3, -0.25) is 4.79 Å². The van der Waals surface area contributed by atoms with Crippen molar-refractivity contribution in [2.45, 2.75) is 71.4 Å². The van der Waals surface area contributed by atoms with Gasteiger partial charge in [0.2, 0.25) is 0 Å². The van der Waals surface area contributed by atoms with E-state index in [1.54, 1.807) is 0 Å². The number of hydrogen-bond donors (Lipinski definition) is 0. The van der Waals surface area contributed by atoms with E-state index < -0.39 is 8.32 Å². The first-order chi connectivity index (χ1) is 8.45. The Kier molecular flexibility index (Phi) is 4.68. The van der Waals surface area contributed by atoms with Gasteiger partial charge in [0.1, 0.15) is 6.10 Å². The summed E-state index contributed by atoms with van der Waals surface area (Å²) < 4.78 is 11.6. The van der Waals surface area contributed by atoms with Crippen LogP contribution in [-0.4, -0.2) is 26.5 Å². The molecule has 0 saturated carbocycles. The molecule has 0 aliphatic carbocycles. The molecule has 0 amide bonds. The number of esters is 1. The van der Waals surface area contributed by atoms with E-state index in [0.29, 0.717) is 0 Å². The summed E-state index contributed by atoms with van der Waals surface area (Å²) in [6, 6.07) is 0. The van der Waals surface area contributed by atoms with Crippen LogP contribution in [-0.2, 0) is 14.0 Å². The van der Waals surface area contributed by atoms with Gasteiger partial charge in [0.15, 0.2) is 8.32 Å². The van der Waals surface area contributed by atoms with Crippen LogP contribution in [0.25, 0.3) is 0 Å². The van der Waals surface area contributed by atoms with E-state index in [9.17, 15) is 4.79 Å². The number of carbonyl (C=O) groups excluding carboxylic acids is 1. The van der Waals surface area contributed by atoms with Crippen molar-refractivity contribution in [3.63, 3.8) is 0 Å². The van der Waals surface area contributed by atoms with Crippen LogP contribution in [0.1, 0.15) is 41.0 Å². The maximum atomic E-state index is 11.2. The summed E-state index contributed by atoms with van der Waals surface area (Å²) in [6.45, 7) is 19.1. The van der Waals surface area contributed by atoms with Crippen molar-refractivity contribution in [3.8, 4) is 0 Å². The van der Waals surface area contributed by atoms with Gasteiger partial charge in [-0.1, -0.05) is 32.9 Å². The number of rotatable bonds is 5. The average Bonchev–Trinajstić information content (AvgIpc) is 2.24. The lowest BCUT2D eigenvalue weighted by Gasteiger charge is -2.42. The Labute approximate surface area is 118 Å². The third-order valence-corrected chi connectivity index (χ3v) is 8.92. The van der Waals surface area contributed by atoms with Crippen LogP contribution in [0.3, 0.4) is 0 Å². The SMILES string of the molecule is C=C(C)[C@@H](C[C@H]1OC(=O)[C@@H]1C)O[Si](C)(C)C(C)(C)C. The lowest BCUT2D eigenvalue weighted by atomic mass is 9.92. The second kappa shape index (κ2) is 5.41. The molecular weight excluding hydrogens is 256 g/mol. The molecule has 1 aliphatic rings. The van der Waals surface area contributed by atoms with Gasteiger partial charge in [-0.05, 0) is 32.0 Å². The Morgan fingerprint density at radius 1 is 1.47 bits per heavy atom. The van der Waals surface area contributed by atoms with E-state index >= 15 is 0 Å². The molecule has 4 heteroatoms. The first-order valence-corrected chi connectivity index (χ1v) is 9.90. The van der Waals surface area contributed by atoms with Gasteiger partial charge < -0.3 is 9.16 Å². The van der Waals surface area contributed by atoms with E-state index in [2.05, 4.69) is 40.4 Å². The van der Waals surface area contributed by atoms with Gasteiger partial charge in [0.05, 0.1) is 12.0 Å². The third-order valence-electron chi connectivity index (χ3n) is 4.44. The molecule has 1 fully saturated rings. The highest BCUT2D eigenvalue weighted by atomic mass is 28.4. The van der Waals surface area contributed by atoms with Crippen LogP contribution in [0.15, 0.2) is 12.2 Å². The minimum atomic E-state index is -1.83. The average molecular weight is 284 g/mol. The van der Waals surface area contributed by atoms with E-state index in [1.807, 2.05) is 13.8 Å². The Morgan fingerprint density at radius 3 is 2.32 bits per heavy atom. The zero-order valence-electron chi connectivity index (χ0n) is 13.4. The molecule has 0 unspecified atom stereocenters. The quantitative estimate of drug-likeness (QED) is 0.436. The summed E-state index contributed by atoms with van der Waals surface area (Å²) in [6.07, 6.45) is 0.704. The molecule has 3 atom stereocenters. The molecule has 0 aromatic rings. The molecular formula is C15H28O3Si. The van der Waals surface area contributed by atoms with Crippen molar-refractivity contribution in [1.82, 2.24) is 0 Å². The predicted molar refractivity (Wildman–Crippen MR) is 80.5 cm³/mol. The smallest absolute Gasteiger partial charge is 0.312 e. The highest BCUT2D eigenvalue weighted by Gasteiger charge is 2.43. The minimum Gasteiger partial charge on any atom is -0.461 e. The second-order valence-corrected chi connectivity index (χ2v) is 12.0. The zero-order chi connectivity index (χ0) is 15.0. The summed E-state index contributed by atoms with van der Waals surface area (Å²) in [7, 11) is -1.83. The number of cyclic esters (lactones) is 1. The van der Waals surface area contributed by atoms with Crippen molar-refractivity contribution in [2.75, 3.05) is 0 Å². The molecule has 1 heterocycles. The van der Waals surface area contributed by atoms with Gasteiger partial charge in [-0.15, -0.1) is 0 Å². The predicted octanol–water partition coefficient (Wildman–Crippen LogP) is 3.90. The van der Waals surface area contributed by atoms with Crippen LogP contribution >= 0.6 is 0 Å².